The Kier molecular flexibility index (Phi) is 32.9. The predicted molar refractivity (Wildman–Crippen MR) is 202 cm³/mol. The lowest BCUT2D eigenvalue weighted by molar-refractivity contribution is -0.0265. The van der Waals surface area contributed by atoms with Gasteiger partial charge in [0.1, 0.15) is 0 Å². The first kappa shape index (κ1) is 42.1. The minimum Gasteiger partial charge on any atom is -0.379 e. The summed E-state index contributed by atoms with van der Waals surface area (Å²) in [6, 6.07) is 0. The van der Waals surface area contributed by atoms with Crippen molar-refractivity contribution in [3.8, 4) is 0 Å². The second-order valence-corrected chi connectivity index (χ2v) is 13.0. The van der Waals surface area contributed by atoms with Gasteiger partial charge in [-0.25, -0.2) is 4.98 Å². The van der Waals surface area contributed by atoms with E-state index in [1.807, 2.05) is 18.7 Å². The van der Waals surface area contributed by atoms with Crippen molar-refractivity contribution in [2.24, 2.45) is 0 Å². The van der Waals surface area contributed by atoms with Crippen LogP contribution in [0.15, 0.2) is 67.3 Å². The third-order valence-corrected chi connectivity index (χ3v) is 8.47. The zero-order valence-electron chi connectivity index (χ0n) is 30.4. The third kappa shape index (κ3) is 30.7. The van der Waals surface area contributed by atoms with Gasteiger partial charge in [0.05, 0.1) is 25.6 Å². The Morgan fingerprint density at radius 2 is 1.00 bits per heavy atom. The molecule has 1 rings (SSSR count). The Morgan fingerprint density at radius 3 is 1.48 bits per heavy atom. The van der Waals surface area contributed by atoms with E-state index in [1.165, 1.54) is 128 Å². The van der Waals surface area contributed by atoms with E-state index < -0.39 is 0 Å². The SMILES string of the molecule is CCCCC/C=C\C/C=C\CCCCCCCCOCC(Cn1ccnc1)OCCCCCCCC/C=C/C/C=C/CCCCC. The van der Waals surface area contributed by atoms with Crippen LogP contribution in [0.2, 0.25) is 0 Å². The molecule has 0 N–H and O–H groups in total. The molecule has 4 heteroatoms. The van der Waals surface area contributed by atoms with Crippen LogP contribution in [0, 0.1) is 0 Å². The van der Waals surface area contributed by atoms with E-state index in [0.717, 1.165) is 45.4 Å². The highest BCUT2D eigenvalue weighted by Gasteiger charge is 2.10. The third-order valence-electron chi connectivity index (χ3n) is 8.47. The summed E-state index contributed by atoms with van der Waals surface area (Å²) >= 11 is 0. The Bertz CT molecular complexity index is 827. The Labute approximate surface area is 286 Å². The normalized spacial score (nSPS) is 13.0. The molecule has 0 amide bonds. The first-order valence-corrected chi connectivity index (χ1v) is 19.6. The molecule has 0 spiro atoms. The van der Waals surface area contributed by atoms with E-state index in [0.29, 0.717) is 6.61 Å². The number of hydrogen-bond donors (Lipinski definition) is 0. The molecule has 264 valence electrons. The minimum absolute atomic E-state index is 0.0942. The summed E-state index contributed by atoms with van der Waals surface area (Å²) < 4.78 is 14.4. The lowest BCUT2D eigenvalue weighted by Gasteiger charge is -2.19. The van der Waals surface area contributed by atoms with Gasteiger partial charge in [0, 0.05) is 25.6 Å². The van der Waals surface area contributed by atoms with E-state index in [-0.39, 0.29) is 6.10 Å². The van der Waals surface area contributed by atoms with Crippen molar-refractivity contribution in [3.05, 3.63) is 67.3 Å². The van der Waals surface area contributed by atoms with Crippen LogP contribution in [-0.2, 0) is 16.0 Å². The molecule has 1 heterocycles. The van der Waals surface area contributed by atoms with Gasteiger partial charge in [0.2, 0.25) is 0 Å². The fourth-order valence-corrected chi connectivity index (χ4v) is 5.53. The number of imidazole rings is 1. The Hall–Kier alpha value is -1.91. The van der Waals surface area contributed by atoms with E-state index in [4.69, 9.17) is 9.47 Å². The molecule has 0 radical (unpaired) electrons. The summed E-state index contributed by atoms with van der Waals surface area (Å²) in [6.45, 7) is 7.66. The molecule has 0 bridgehead atoms. The maximum absolute atomic E-state index is 6.27. The van der Waals surface area contributed by atoms with E-state index in [1.54, 1.807) is 0 Å². The van der Waals surface area contributed by atoms with Crippen LogP contribution in [-0.4, -0.2) is 35.5 Å². The van der Waals surface area contributed by atoms with Gasteiger partial charge in [0.25, 0.3) is 0 Å². The van der Waals surface area contributed by atoms with Gasteiger partial charge in [0.15, 0.2) is 0 Å². The molecular formula is C42H74N2O2. The zero-order valence-corrected chi connectivity index (χ0v) is 30.4. The molecule has 0 aromatic carbocycles. The van der Waals surface area contributed by atoms with Crippen molar-refractivity contribution < 1.29 is 9.47 Å². The van der Waals surface area contributed by atoms with Crippen LogP contribution < -0.4 is 0 Å². The van der Waals surface area contributed by atoms with Crippen LogP contribution in [0.25, 0.3) is 0 Å². The van der Waals surface area contributed by atoms with Gasteiger partial charge < -0.3 is 14.0 Å². The highest BCUT2D eigenvalue weighted by molar-refractivity contribution is 4.93. The molecule has 0 aliphatic heterocycles. The maximum atomic E-state index is 6.27. The molecule has 46 heavy (non-hydrogen) atoms. The van der Waals surface area contributed by atoms with Crippen molar-refractivity contribution in [3.63, 3.8) is 0 Å². The first-order valence-electron chi connectivity index (χ1n) is 19.6. The zero-order chi connectivity index (χ0) is 32.9. The quantitative estimate of drug-likeness (QED) is 0.0548. The van der Waals surface area contributed by atoms with Crippen molar-refractivity contribution in [1.29, 1.82) is 0 Å². The number of unbranched alkanes of at least 4 members (excludes halogenated alkanes) is 18. The average Bonchev–Trinajstić information content (AvgIpc) is 3.58. The smallest absolute Gasteiger partial charge is 0.0987 e. The van der Waals surface area contributed by atoms with Gasteiger partial charge in [-0.1, -0.05) is 140 Å². The fraction of sp³-hybridized carbons (Fsp3) is 0.738. The second kappa shape index (κ2) is 35.9. The van der Waals surface area contributed by atoms with E-state index in [9.17, 15) is 0 Å². The molecule has 0 aliphatic carbocycles. The molecule has 1 atom stereocenters. The lowest BCUT2D eigenvalue weighted by Crippen LogP contribution is -2.26. The number of ether oxygens (including phenoxy) is 2. The molecule has 1 aromatic heterocycles. The second-order valence-electron chi connectivity index (χ2n) is 13.0. The molecule has 1 unspecified atom stereocenters. The average molecular weight is 639 g/mol. The summed E-state index contributed by atoms with van der Waals surface area (Å²) in [5.74, 6) is 0. The molecule has 1 aromatic rings. The summed E-state index contributed by atoms with van der Waals surface area (Å²) in [4.78, 5) is 4.20. The highest BCUT2D eigenvalue weighted by atomic mass is 16.5. The minimum atomic E-state index is 0.0942. The molecule has 0 aliphatic rings. The van der Waals surface area contributed by atoms with Crippen LogP contribution in [0.1, 0.15) is 168 Å². The topological polar surface area (TPSA) is 36.3 Å². The summed E-state index contributed by atoms with van der Waals surface area (Å²) in [6.07, 6.45) is 55.0. The highest BCUT2D eigenvalue weighted by Crippen LogP contribution is 2.11. The summed E-state index contributed by atoms with van der Waals surface area (Å²) in [7, 11) is 0. The summed E-state index contributed by atoms with van der Waals surface area (Å²) in [5.41, 5.74) is 0. The van der Waals surface area contributed by atoms with Crippen LogP contribution in [0.5, 0.6) is 0 Å². The molecule has 4 nitrogen and oxygen atoms in total. The fourth-order valence-electron chi connectivity index (χ4n) is 5.53. The van der Waals surface area contributed by atoms with E-state index >= 15 is 0 Å². The number of aromatic nitrogens is 2. The molecule has 0 fully saturated rings. The molecule has 0 saturated heterocycles. The van der Waals surface area contributed by atoms with Gasteiger partial charge in [-0.2, -0.15) is 0 Å². The lowest BCUT2D eigenvalue weighted by atomic mass is 10.1. The molecular weight excluding hydrogens is 564 g/mol. The molecule has 0 saturated carbocycles. The van der Waals surface area contributed by atoms with Crippen molar-refractivity contribution in [2.45, 2.75) is 181 Å². The number of allylic oxidation sites excluding steroid dienone is 8. The van der Waals surface area contributed by atoms with Crippen molar-refractivity contribution in [1.82, 2.24) is 9.55 Å². The van der Waals surface area contributed by atoms with Crippen molar-refractivity contribution >= 4 is 0 Å². The predicted octanol–water partition coefficient (Wildman–Crippen LogP) is 12.9. The standard InChI is InChI=1S/C42H74N2O2/c1-3-5-7-9-11-13-15-17-19-21-23-25-27-29-31-33-37-45-40-42(39-44-36-35-43-41-44)46-38-34-32-30-28-26-24-22-20-18-16-14-12-10-8-6-4-2/h11-14,17-20,35-36,41-42H,3-10,15-16,21-34,37-40H2,1-2H3/b13-11-,14-12+,19-17-,20-18+. The largest absolute Gasteiger partial charge is 0.379 e. The van der Waals surface area contributed by atoms with Crippen LogP contribution >= 0.6 is 0 Å². The maximum Gasteiger partial charge on any atom is 0.0987 e. The van der Waals surface area contributed by atoms with Crippen LogP contribution in [0.3, 0.4) is 0 Å². The van der Waals surface area contributed by atoms with Crippen molar-refractivity contribution in [2.75, 3.05) is 19.8 Å². The first-order chi connectivity index (χ1) is 22.9. The number of hydrogen-bond acceptors (Lipinski definition) is 3. The number of rotatable bonds is 35. The summed E-state index contributed by atoms with van der Waals surface area (Å²) in [5, 5.41) is 0. The van der Waals surface area contributed by atoms with Crippen LogP contribution in [0.4, 0.5) is 0 Å². The van der Waals surface area contributed by atoms with Gasteiger partial charge in [-0.3, -0.25) is 0 Å². The van der Waals surface area contributed by atoms with Gasteiger partial charge >= 0.3 is 0 Å². The van der Waals surface area contributed by atoms with Gasteiger partial charge in [-0.15, -0.1) is 0 Å². The monoisotopic (exact) mass is 639 g/mol. The Morgan fingerprint density at radius 1 is 0.543 bits per heavy atom. The van der Waals surface area contributed by atoms with Gasteiger partial charge in [-0.05, 0) is 77.0 Å². The Balaban J connectivity index is 1.98. The number of nitrogens with zero attached hydrogens (tertiary/aromatic N) is 2. The van der Waals surface area contributed by atoms with E-state index in [2.05, 4.69) is 72.0 Å².